The highest BCUT2D eigenvalue weighted by Crippen LogP contribution is 2.37. The van der Waals surface area contributed by atoms with Gasteiger partial charge in [-0.1, -0.05) is 18.2 Å². The van der Waals surface area contributed by atoms with Crippen molar-refractivity contribution in [1.82, 2.24) is 15.5 Å². The van der Waals surface area contributed by atoms with E-state index >= 15 is 0 Å². The lowest BCUT2D eigenvalue weighted by Gasteiger charge is -2.44. The normalized spacial score (nSPS) is 16.0. The van der Waals surface area contributed by atoms with Crippen molar-refractivity contribution in [3.8, 4) is 5.75 Å². The maximum absolute atomic E-state index is 14.1. The van der Waals surface area contributed by atoms with Gasteiger partial charge in [-0.05, 0) is 85.3 Å². The van der Waals surface area contributed by atoms with Gasteiger partial charge in [0.05, 0.1) is 0 Å². The summed E-state index contributed by atoms with van der Waals surface area (Å²) < 4.78 is 5.41. The maximum Gasteiger partial charge on any atom is 0.408 e. The third-order valence-electron chi connectivity index (χ3n) is 5.58. The lowest BCUT2D eigenvalue weighted by Crippen LogP contribution is -2.58. The summed E-state index contributed by atoms with van der Waals surface area (Å²) in [5.41, 5.74) is -0.896. The number of thioether (sulfide) groups is 1. The van der Waals surface area contributed by atoms with Crippen LogP contribution in [0.4, 0.5) is 4.79 Å². The molecule has 2 atom stereocenters. The Morgan fingerprint density at radius 3 is 2.26 bits per heavy atom. The van der Waals surface area contributed by atoms with Gasteiger partial charge in [-0.2, -0.15) is 11.8 Å². The molecule has 0 heterocycles. The van der Waals surface area contributed by atoms with Crippen LogP contribution in [0.2, 0.25) is 0 Å². The van der Waals surface area contributed by atoms with Gasteiger partial charge in [0.1, 0.15) is 23.4 Å². The molecular weight excluding hydrogens is 466 g/mol. The fourth-order valence-corrected chi connectivity index (χ4v) is 4.35. The molecule has 0 saturated heterocycles. The number of nitrogens with zero attached hydrogens (tertiary/aromatic N) is 1. The molecule has 2 rings (SSSR count). The average molecular weight is 508 g/mol. The number of phenols is 1. The summed E-state index contributed by atoms with van der Waals surface area (Å²) in [5.74, 6) is -0.147. The third kappa shape index (κ3) is 8.63. The molecule has 0 bridgehead atoms. The predicted octanol–water partition coefficient (Wildman–Crippen LogP) is 4.38. The Labute approximate surface area is 213 Å². The average Bonchev–Trinajstić information content (AvgIpc) is 2.67. The van der Waals surface area contributed by atoms with Gasteiger partial charge in [-0.3, -0.25) is 9.59 Å². The highest BCUT2D eigenvalue weighted by atomic mass is 32.2. The number of carbonyl (C=O) groups excluding carboxylic acids is 3. The van der Waals surface area contributed by atoms with Gasteiger partial charge < -0.3 is 25.4 Å². The van der Waals surface area contributed by atoms with E-state index in [1.54, 1.807) is 55.6 Å². The number of nitrogens with one attached hydrogen (secondary N) is 2. The first kappa shape index (κ1) is 28.8. The molecule has 8 nitrogen and oxygen atoms in total. The van der Waals surface area contributed by atoms with Gasteiger partial charge >= 0.3 is 6.09 Å². The Morgan fingerprint density at radius 1 is 1.14 bits per heavy atom. The number of phenolic OH excluding ortho intramolecular Hbond substituents is 1. The van der Waals surface area contributed by atoms with Crippen LogP contribution >= 0.6 is 11.8 Å². The van der Waals surface area contributed by atoms with Crippen LogP contribution in [0, 0.1) is 0 Å². The first-order valence-electron chi connectivity index (χ1n) is 12.1. The van der Waals surface area contributed by atoms with E-state index in [2.05, 4.69) is 10.6 Å². The van der Waals surface area contributed by atoms with Crippen molar-refractivity contribution in [3.63, 3.8) is 0 Å². The van der Waals surface area contributed by atoms with Crippen LogP contribution in [0.3, 0.4) is 0 Å². The molecule has 3 N–H and O–H groups in total. The Balaban J connectivity index is 2.50. The summed E-state index contributed by atoms with van der Waals surface area (Å²) in [6, 6.07) is 4.52. The van der Waals surface area contributed by atoms with E-state index in [9.17, 15) is 19.5 Å². The number of ether oxygens (including phenoxy) is 1. The van der Waals surface area contributed by atoms with Crippen LogP contribution in [0.5, 0.6) is 5.75 Å². The van der Waals surface area contributed by atoms with E-state index in [1.807, 2.05) is 27.0 Å². The van der Waals surface area contributed by atoms with E-state index in [4.69, 9.17) is 4.74 Å². The number of aromatic hydroxyl groups is 1. The molecule has 0 aromatic heterocycles. The van der Waals surface area contributed by atoms with Crippen LogP contribution in [0.25, 0.3) is 0 Å². The molecule has 1 aromatic carbocycles. The van der Waals surface area contributed by atoms with Crippen molar-refractivity contribution < 1.29 is 24.2 Å². The summed E-state index contributed by atoms with van der Waals surface area (Å²) in [4.78, 5) is 41.9. The van der Waals surface area contributed by atoms with E-state index in [0.717, 1.165) is 19.3 Å². The summed E-state index contributed by atoms with van der Waals surface area (Å²) in [6.07, 6.45) is 4.08. The third-order valence-corrected chi connectivity index (χ3v) is 6.22. The number of hydrogen-bond donors (Lipinski definition) is 3. The number of carbonyl (C=O) groups is 3. The number of benzene rings is 1. The fraction of sp³-hybridized carbons (Fsp3) is 0.654. The highest BCUT2D eigenvalue weighted by Gasteiger charge is 2.43. The van der Waals surface area contributed by atoms with Gasteiger partial charge in [0.25, 0.3) is 0 Å². The summed E-state index contributed by atoms with van der Waals surface area (Å²) in [5, 5.41) is 16.4. The smallest absolute Gasteiger partial charge is 0.408 e. The quantitative estimate of drug-likeness (QED) is 0.458. The van der Waals surface area contributed by atoms with E-state index in [1.165, 1.54) is 6.07 Å². The molecule has 0 radical (unpaired) electrons. The van der Waals surface area contributed by atoms with Crippen LogP contribution in [0.15, 0.2) is 24.3 Å². The molecule has 0 spiro atoms. The molecule has 1 aliphatic rings. The van der Waals surface area contributed by atoms with Crippen LogP contribution in [0.1, 0.15) is 78.8 Å². The Bertz CT molecular complexity index is 890. The molecule has 1 aliphatic carbocycles. The largest absolute Gasteiger partial charge is 0.508 e. The number of rotatable bonds is 9. The summed E-state index contributed by atoms with van der Waals surface area (Å²) >= 11 is 1.57. The standard InChI is InChI=1S/C26H41N3O5S/c1-25(2,3)28-22(31)21(18-13-8-9-14-20(18)30)29(17-11-10-12-17)23(32)19(15-16-35-7)27-24(33)34-26(4,5)6/h8-9,13-14,17,19,21,30H,10-12,15-16H2,1-7H3,(H,27,33)(H,28,31). The molecule has 35 heavy (non-hydrogen) atoms. The van der Waals surface area contributed by atoms with Crippen molar-refractivity contribution in [1.29, 1.82) is 0 Å². The zero-order valence-electron chi connectivity index (χ0n) is 22.0. The maximum atomic E-state index is 14.1. The predicted molar refractivity (Wildman–Crippen MR) is 139 cm³/mol. The van der Waals surface area contributed by atoms with Crippen molar-refractivity contribution in [2.45, 2.75) is 96.5 Å². The topological polar surface area (TPSA) is 108 Å². The molecular formula is C26H41N3O5S. The fourth-order valence-electron chi connectivity index (χ4n) is 3.88. The molecule has 3 amide bonds. The summed E-state index contributed by atoms with van der Waals surface area (Å²) in [6.45, 7) is 10.9. The monoisotopic (exact) mass is 507 g/mol. The molecule has 1 saturated carbocycles. The van der Waals surface area contributed by atoms with E-state index in [-0.39, 0.29) is 23.6 Å². The summed E-state index contributed by atoms with van der Waals surface area (Å²) in [7, 11) is 0. The molecule has 196 valence electrons. The van der Waals surface area contributed by atoms with E-state index < -0.39 is 29.3 Å². The van der Waals surface area contributed by atoms with Gasteiger partial charge in [0.15, 0.2) is 0 Å². The second-order valence-corrected chi connectivity index (χ2v) is 12.0. The van der Waals surface area contributed by atoms with Crippen molar-refractivity contribution >= 4 is 29.7 Å². The zero-order valence-corrected chi connectivity index (χ0v) is 22.8. The lowest BCUT2D eigenvalue weighted by molar-refractivity contribution is -0.148. The lowest BCUT2D eigenvalue weighted by atomic mass is 9.87. The SMILES string of the molecule is CSCCC(NC(=O)OC(C)(C)C)C(=O)N(C1CCC1)C(C(=O)NC(C)(C)C)c1ccccc1O. The second kappa shape index (κ2) is 12.0. The minimum atomic E-state index is -1.04. The van der Waals surface area contributed by atoms with Crippen molar-refractivity contribution in [2.75, 3.05) is 12.0 Å². The Kier molecular flexibility index (Phi) is 9.89. The Morgan fingerprint density at radius 2 is 1.77 bits per heavy atom. The van der Waals surface area contributed by atoms with Gasteiger partial charge in [0, 0.05) is 17.1 Å². The number of hydrogen-bond acceptors (Lipinski definition) is 6. The van der Waals surface area contributed by atoms with Crippen molar-refractivity contribution in [2.24, 2.45) is 0 Å². The van der Waals surface area contributed by atoms with Gasteiger partial charge in [-0.15, -0.1) is 0 Å². The zero-order chi connectivity index (χ0) is 26.4. The van der Waals surface area contributed by atoms with E-state index in [0.29, 0.717) is 17.7 Å². The van der Waals surface area contributed by atoms with Gasteiger partial charge in [-0.25, -0.2) is 4.79 Å². The Hall–Kier alpha value is -2.42. The molecule has 1 aromatic rings. The van der Waals surface area contributed by atoms with Gasteiger partial charge in [0.2, 0.25) is 11.8 Å². The number of amides is 3. The molecule has 0 aliphatic heterocycles. The number of alkyl carbamates (subject to hydrolysis) is 1. The van der Waals surface area contributed by atoms with Crippen LogP contribution in [-0.4, -0.2) is 63.1 Å². The first-order valence-corrected chi connectivity index (χ1v) is 13.5. The van der Waals surface area contributed by atoms with Crippen LogP contribution < -0.4 is 10.6 Å². The second-order valence-electron chi connectivity index (χ2n) is 11.0. The van der Waals surface area contributed by atoms with Crippen LogP contribution in [-0.2, 0) is 14.3 Å². The van der Waals surface area contributed by atoms with Crippen molar-refractivity contribution in [3.05, 3.63) is 29.8 Å². The number of para-hydroxylation sites is 1. The first-order chi connectivity index (χ1) is 16.2. The molecule has 2 unspecified atom stereocenters. The molecule has 9 heteroatoms. The highest BCUT2D eigenvalue weighted by molar-refractivity contribution is 7.98. The minimum absolute atomic E-state index is 0.0561. The minimum Gasteiger partial charge on any atom is -0.508 e. The molecule has 1 fully saturated rings.